The first-order chi connectivity index (χ1) is 17.4. The van der Waals surface area contributed by atoms with Gasteiger partial charge in [0.05, 0.1) is 12.8 Å². The molecule has 11 nitrogen and oxygen atoms in total. The number of benzene rings is 2. The minimum absolute atomic E-state index is 0.0621. The van der Waals surface area contributed by atoms with Gasteiger partial charge in [-0.15, -0.1) is 0 Å². The highest BCUT2D eigenvalue weighted by atomic mass is 31.2. The second-order valence-electron chi connectivity index (χ2n) is 8.15. The van der Waals surface area contributed by atoms with Crippen molar-refractivity contribution in [3.63, 3.8) is 0 Å². The molecule has 192 valence electrons. The van der Waals surface area contributed by atoms with Crippen molar-refractivity contribution >= 4 is 43.7 Å². The van der Waals surface area contributed by atoms with Crippen molar-refractivity contribution in [3.8, 4) is 5.75 Å². The van der Waals surface area contributed by atoms with Crippen LogP contribution in [-0.4, -0.2) is 61.5 Å². The predicted molar refractivity (Wildman–Crippen MR) is 138 cm³/mol. The Hall–Kier alpha value is -3.53. The third kappa shape index (κ3) is 6.78. The monoisotopic (exact) mass is 514 g/mol. The SMILES string of the molecule is COC(=O)C(C)NP(Oc1cccc2ccccc12)N1CCC(NC(=O)/C(N)=C(/C=N)NC=O)CC1. The number of esters is 1. The van der Waals surface area contributed by atoms with Crippen LogP contribution in [0, 0.1) is 5.41 Å². The van der Waals surface area contributed by atoms with Crippen molar-refractivity contribution < 1.29 is 23.6 Å². The number of piperidine rings is 1. The Morgan fingerprint density at radius 2 is 1.89 bits per heavy atom. The number of carbonyl (C=O) groups excluding carboxylic acids is 3. The molecule has 36 heavy (non-hydrogen) atoms. The van der Waals surface area contributed by atoms with Gasteiger partial charge in [-0.2, -0.15) is 0 Å². The molecule has 12 heteroatoms. The summed E-state index contributed by atoms with van der Waals surface area (Å²) in [7, 11) is -0.0741. The van der Waals surface area contributed by atoms with Crippen LogP contribution >= 0.6 is 8.45 Å². The number of nitrogens with two attached hydrogens (primary N) is 1. The van der Waals surface area contributed by atoms with E-state index in [1.807, 2.05) is 42.5 Å². The summed E-state index contributed by atoms with van der Waals surface area (Å²) >= 11 is 0. The molecule has 2 atom stereocenters. The van der Waals surface area contributed by atoms with Gasteiger partial charge < -0.3 is 31.0 Å². The molecule has 0 radical (unpaired) electrons. The first-order valence-electron chi connectivity index (χ1n) is 11.4. The number of ether oxygens (including phenoxy) is 1. The number of hydrogen-bond donors (Lipinski definition) is 5. The maximum absolute atomic E-state index is 12.5. The van der Waals surface area contributed by atoms with Crippen LogP contribution in [0.1, 0.15) is 19.8 Å². The molecule has 0 spiro atoms. The fraction of sp³-hybridized carbons (Fsp3) is 0.333. The number of fused-ring (bicyclic) bond motifs is 1. The highest BCUT2D eigenvalue weighted by Crippen LogP contribution is 2.43. The molecule has 1 aliphatic heterocycles. The van der Waals surface area contributed by atoms with E-state index in [4.69, 9.17) is 20.4 Å². The molecule has 0 aromatic heterocycles. The quantitative estimate of drug-likeness (QED) is 0.0997. The summed E-state index contributed by atoms with van der Waals surface area (Å²) in [6.07, 6.45) is 2.41. The molecular weight excluding hydrogens is 483 g/mol. The van der Waals surface area contributed by atoms with Crippen molar-refractivity contribution in [1.82, 2.24) is 20.4 Å². The van der Waals surface area contributed by atoms with Crippen LogP contribution in [0.25, 0.3) is 10.8 Å². The van der Waals surface area contributed by atoms with Gasteiger partial charge in [-0.25, -0.2) is 9.76 Å². The Kier molecular flexibility index (Phi) is 9.75. The largest absolute Gasteiger partial charge is 0.468 e. The van der Waals surface area contributed by atoms with Crippen molar-refractivity contribution in [1.29, 1.82) is 5.41 Å². The van der Waals surface area contributed by atoms with Gasteiger partial charge in [-0.3, -0.25) is 14.4 Å². The maximum atomic E-state index is 12.5. The lowest BCUT2D eigenvalue weighted by atomic mass is 10.1. The molecule has 1 aliphatic rings. The summed E-state index contributed by atoms with van der Waals surface area (Å²) in [5.41, 5.74) is 5.50. The van der Waals surface area contributed by atoms with E-state index in [1.165, 1.54) is 7.11 Å². The van der Waals surface area contributed by atoms with Gasteiger partial charge in [0.2, 0.25) is 14.9 Å². The third-order valence-corrected chi connectivity index (χ3v) is 7.64. The van der Waals surface area contributed by atoms with Gasteiger partial charge in [0.25, 0.3) is 5.91 Å². The van der Waals surface area contributed by atoms with E-state index >= 15 is 0 Å². The average Bonchev–Trinajstić information content (AvgIpc) is 2.91. The van der Waals surface area contributed by atoms with Crippen LogP contribution in [0.2, 0.25) is 0 Å². The molecule has 2 aromatic rings. The fourth-order valence-corrected chi connectivity index (χ4v) is 5.48. The van der Waals surface area contributed by atoms with Gasteiger partial charge in [0.15, 0.2) is 0 Å². The zero-order valence-electron chi connectivity index (χ0n) is 20.2. The summed E-state index contributed by atoms with van der Waals surface area (Å²) < 4.78 is 13.4. The van der Waals surface area contributed by atoms with E-state index in [2.05, 4.69) is 20.4 Å². The van der Waals surface area contributed by atoms with E-state index in [-0.39, 0.29) is 23.4 Å². The second-order valence-corrected chi connectivity index (χ2v) is 9.70. The third-order valence-electron chi connectivity index (χ3n) is 5.75. The molecule has 3 rings (SSSR count). The molecule has 2 amide bonds. The van der Waals surface area contributed by atoms with Crippen molar-refractivity contribution in [2.45, 2.75) is 31.8 Å². The Morgan fingerprint density at radius 1 is 1.19 bits per heavy atom. The molecule has 0 bridgehead atoms. The van der Waals surface area contributed by atoms with E-state index in [1.54, 1.807) is 6.92 Å². The topological polar surface area (TPSA) is 159 Å². The number of carbonyl (C=O) groups is 3. The molecule has 1 saturated heterocycles. The Balaban J connectivity index is 1.71. The van der Waals surface area contributed by atoms with Gasteiger partial charge >= 0.3 is 5.97 Å². The standard InChI is InChI=1S/C24H31N6O5P/c1-16(24(33)34-2)29-36(35-21-9-5-7-17-6-3-4-8-19(17)21)30-12-10-18(11-13-30)28-23(32)22(26)20(14-25)27-15-31/h3-9,14-16,18,25,29H,10-13,26H2,1-2H3,(H,27,31)(H,28,32)/b22-20+,25-14?. The minimum Gasteiger partial charge on any atom is -0.468 e. The van der Waals surface area contributed by atoms with Gasteiger partial charge in [0, 0.05) is 30.7 Å². The van der Waals surface area contributed by atoms with E-state index in [9.17, 15) is 14.4 Å². The van der Waals surface area contributed by atoms with E-state index in [0.29, 0.717) is 38.1 Å². The summed E-state index contributed by atoms with van der Waals surface area (Å²) in [6.45, 7) is 2.91. The van der Waals surface area contributed by atoms with Gasteiger partial charge in [-0.05, 0) is 31.2 Å². The molecule has 6 N–H and O–H groups in total. The molecule has 0 aliphatic carbocycles. The maximum Gasteiger partial charge on any atom is 0.322 e. The fourth-order valence-electron chi connectivity index (χ4n) is 3.77. The summed E-state index contributed by atoms with van der Waals surface area (Å²) in [5.74, 6) is -0.230. The molecule has 0 saturated carbocycles. The van der Waals surface area contributed by atoms with Crippen LogP contribution in [0.5, 0.6) is 5.75 Å². The molecule has 2 aromatic carbocycles. The number of nitrogens with one attached hydrogen (secondary N) is 4. The average molecular weight is 515 g/mol. The number of rotatable bonds is 11. The first kappa shape index (κ1) is 27.1. The van der Waals surface area contributed by atoms with Crippen LogP contribution in [-0.2, 0) is 19.1 Å². The zero-order valence-corrected chi connectivity index (χ0v) is 21.1. The number of allylic oxidation sites excluding steroid dienone is 1. The Bertz CT molecular complexity index is 1130. The molecule has 2 unspecified atom stereocenters. The highest BCUT2D eigenvalue weighted by Gasteiger charge is 2.31. The van der Waals surface area contributed by atoms with Crippen LogP contribution in [0.15, 0.2) is 53.9 Å². The van der Waals surface area contributed by atoms with Crippen molar-refractivity contribution in [2.24, 2.45) is 5.73 Å². The summed E-state index contributed by atoms with van der Waals surface area (Å²) in [6, 6.07) is 13.0. The predicted octanol–water partition coefficient (Wildman–Crippen LogP) is 1.74. The normalized spacial score (nSPS) is 16.8. The van der Waals surface area contributed by atoms with E-state index < -0.39 is 20.4 Å². The van der Waals surface area contributed by atoms with Crippen LogP contribution in [0.3, 0.4) is 0 Å². The Labute approximate surface area is 210 Å². The Morgan fingerprint density at radius 3 is 2.56 bits per heavy atom. The first-order valence-corrected chi connectivity index (χ1v) is 12.6. The number of nitrogens with zero attached hydrogens (tertiary/aromatic N) is 1. The lowest BCUT2D eigenvalue weighted by molar-refractivity contribution is -0.142. The lowest BCUT2D eigenvalue weighted by Gasteiger charge is -2.37. The highest BCUT2D eigenvalue weighted by molar-refractivity contribution is 7.48. The van der Waals surface area contributed by atoms with Crippen LogP contribution < -0.4 is 26.0 Å². The second kappa shape index (κ2) is 13.0. The summed E-state index contributed by atoms with van der Waals surface area (Å²) in [5, 5.41) is 17.7. The van der Waals surface area contributed by atoms with Gasteiger partial charge in [0.1, 0.15) is 17.5 Å². The number of methoxy groups -OCH3 is 1. The van der Waals surface area contributed by atoms with Gasteiger partial charge in [-0.1, -0.05) is 36.4 Å². The molecular formula is C24H31N6O5P. The molecule has 1 heterocycles. The minimum atomic E-state index is -1.42. The van der Waals surface area contributed by atoms with Crippen molar-refractivity contribution in [2.75, 3.05) is 20.2 Å². The number of hydrogen-bond acceptors (Lipinski definition) is 9. The van der Waals surface area contributed by atoms with Crippen LogP contribution in [0.4, 0.5) is 0 Å². The van der Waals surface area contributed by atoms with Crippen molar-refractivity contribution in [3.05, 3.63) is 53.9 Å². The smallest absolute Gasteiger partial charge is 0.322 e. The molecule has 1 fully saturated rings. The number of amides is 2. The summed E-state index contributed by atoms with van der Waals surface area (Å²) in [4.78, 5) is 35.2. The van der Waals surface area contributed by atoms with E-state index in [0.717, 1.165) is 17.0 Å². The zero-order chi connectivity index (χ0) is 26.1. The lowest BCUT2D eigenvalue weighted by Crippen LogP contribution is -2.47.